The highest BCUT2D eigenvalue weighted by Gasteiger charge is 2.15. The smallest absolute Gasteiger partial charge is 0.139 e. The highest BCUT2D eigenvalue weighted by Crippen LogP contribution is 2.21. The van der Waals surface area contributed by atoms with Crippen LogP contribution < -0.4 is 0 Å². The largest absolute Gasteiger partial charge is 0.299 e. The molecule has 0 aliphatic heterocycles. The molecule has 3 nitrogen and oxygen atoms in total. The second-order valence-electron chi connectivity index (χ2n) is 4.40. The van der Waals surface area contributed by atoms with Crippen LogP contribution in [-0.2, 0) is 18.3 Å². The Morgan fingerprint density at radius 1 is 1.56 bits per heavy atom. The van der Waals surface area contributed by atoms with Crippen LogP contribution in [0.2, 0.25) is 0 Å². The van der Waals surface area contributed by atoms with Gasteiger partial charge in [-0.3, -0.25) is 9.48 Å². The van der Waals surface area contributed by atoms with Gasteiger partial charge in [0.05, 0.1) is 15.9 Å². The number of rotatable bonds is 5. The van der Waals surface area contributed by atoms with Crippen molar-refractivity contribution in [2.45, 2.75) is 40.0 Å². The number of carbonyl (C=O) groups excluding carboxylic acids is 1. The number of hydrogen-bond acceptors (Lipinski definition) is 2. The summed E-state index contributed by atoms with van der Waals surface area (Å²) < 4.78 is 2.75. The van der Waals surface area contributed by atoms with Crippen LogP contribution in [0.15, 0.2) is 4.47 Å². The fourth-order valence-electron chi connectivity index (χ4n) is 1.66. The molecule has 0 spiro atoms. The number of aryl methyl sites for hydroxylation is 2. The van der Waals surface area contributed by atoms with E-state index in [-0.39, 0.29) is 5.78 Å². The fraction of sp³-hybridized carbons (Fsp3) is 0.667. The molecule has 0 amide bonds. The van der Waals surface area contributed by atoms with Gasteiger partial charge in [0.2, 0.25) is 0 Å². The minimum absolute atomic E-state index is 0.290. The standard InChI is InChI=1S/C12H19BrN2O/c1-5-8(2)6-10(16)7-11-12(13)9(3)14-15(11)4/h8H,5-7H2,1-4H3. The summed E-state index contributed by atoms with van der Waals surface area (Å²) in [7, 11) is 1.88. The number of aromatic nitrogens is 2. The minimum Gasteiger partial charge on any atom is -0.299 e. The Kier molecular flexibility index (Phi) is 4.71. The van der Waals surface area contributed by atoms with Crippen molar-refractivity contribution in [1.82, 2.24) is 9.78 Å². The Bertz CT molecular complexity index is 385. The molecule has 1 aromatic heterocycles. The zero-order valence-electron chi connectivity index (χ0n) is 10.4. The van der Waals surface area contributed by atoms with Gasteiger partial charge in [-0.25, -0.2) is 0 Å². The summed E-state index contributed by atoms with van der Waals surface area (Å²) in [6.45, 7) is 6.16. The van der Waals surface area contributed by atoms with E-state index in [2.05, 4.69) is 34.9 Å². The molecule has 0 N–H and O–H groups in total. The van der Waals surface area contributed by atoms with Gasteiger partial charge in [0.15, 0.2) is 0 Å². The van der Waals surface area contributed by atoms with Gasteiger partial charge >= 0.3 is 0 Å². The first-order valence-corrected chi connectivity index (χ1v) is 6.44. The lowest BCUT2D eigenvalue weighted by molar-refractivity contribution is -0.119. The van der Waals surface area contributed by atoms with E-state index in [0.29, 0.717) is 18.8 Å². The van der Waals surface area contributed by atoms with Crippen molar-refractivity contribution < 1.29 is 4.79 Å². The van der Waals surface area contributed by atoms with Crippen molar-refractivity contribution in [2.24, 2.45) is 13.0 Å². The van der Waals surface area contributed by atoms with Gasteiger partial charge in [0, 0.05) is 19.9 Å². The van der Waals surface area contributed by atoms with Crippen molar-refractivity contribution in [3.8, 4) is 0 Å². The number of hydrogen-bond donors (Lipinski definition) is 0. The molecule has 0 bridgehead atoms. The summed E-state index contributed by atoms with van der Waals surface area (Å²) in [5.74, 6) is 0.763. The topological polar surface area (TPSA) is 34.9 Å². The molecule has 0 aliphatic carbocycles. The lowest BCUT2D eigenvalue weighted by Gasteiger charge is -2.07. The number of halogens is 1. The molecule has 0 saturated carbocycles. The highest BCUT2D eigenvalue weighted by atomic mass is 79.9. The first-order valence-electron chi connectivity index (χ1n) is 5.65. The number of nitrogens with zero attached hydrogens (tertiary/aromatic N) is 2. The third-order valence-electron chi connectivity index (χ3n) is 2.90. The Hall–Kier alpha value is -0.640. The lowest BCUT2D eigenvalue weighted by atomic mass is 10.00. The summed E-state index contributed by atoms with van der Waals surface area (Å²) in [5, 5.41) is 4.28. The molecule has 1 aromatic rings. The highest BCUT2D eigenvalue weighted by molar-refractivity contribution is 9.10. The number of ketones is 1. The molecule has 0 fully saturated rings. The quantitative estimate of drug-likeness (QED) is 0.834. The van der Waals surface area contributed by atoms with E-state index in [1.807, 2.05) is 14.0 Å². The Morgan fingerprint density at radius 3 is 2.62 bits per heavy atom. The predicted octanol–water partition coefficient (Wildman–Crippen LogP) is 3.04. The first-order chi connectivity index (χ1) is 7.45. The third-order valence-corrected chi connectivity index (χ3v) is 3.93. The molecule has 1 rings (SSSR count). The van der Waals surface area contributed by atoms with Crippen molar-refractivity contribution in [3.63, 3.8) is 0 Å². The van der Waals surface area contributed by atoms with Crippen molar-refractivity contribution in [3.05, 3.63) is 15.9 Å². The Morgan fingerprint density at radius 2 is 2.19 bits per heavy atom. The van der Waals surface area contributed by atoms with Crippen LogP contribution in [-0.4, -0.2) is 15.6 Å². The van der Waals surface area contributed by atoms with Crippen LogP contribution >= 0.6 is 15.9 Å². The number of Topliss-reactive ketones (excluding diaryl/α,β-unsaturated/α-hetero) is 1. The second kappa shape index (κ2) is 5.62. The Labute approximate surface area is 105 Å². The van der Waals surface area contributed by atoms with E-state index < -0.39 is 0 Å². The van der Waals surface area contributed by atoms with E-state index in [0.717, 1.165) is 22.3 Å². The van der Waals surface area contributed by atoms with Crippen LogP contribution in [0.25, 0.3) is 0 Å². The van der Waals surface area contributed by atoms with Crippen LogP contribution in [0.4, 0.5) is 0 Å². The Balaban J connectivity index is 2.70. The average Bonchev–Trinajstić information content (AvgIpc) is 2.45. The van der Waals surface area contributed by atoms with Crippen molar-refractivity contribution in [1.29, 1.82) is 0 Å². The molecule has 16 heavy (non-hydrogen) atoms. The summed E-state index contributed by atoms with van der Waals surface area (Å²) in [6, 6.07) is 0. The molecule has 0 aromatic carbocycles. The van der Waals surface area contributed by atoms with E-state index in [1.165, 1.54) is 0 Å². The predicted molar refractivity (Wildman–Crippen MR) is 68.4 cm³/mol. The molecule has 0 aliphatic rings. The maximum atomic E-state index is 11.8. The van der Waals surface area contributed by atoms with Crippen LogP contribution in [0, 0.1) is 12.8 Å². The van der Waals surface area contributed by atoms with Gasteiger partial charge in [-0.15, -0.1) is 0 Å². The van der Waals surface area contributed by atoms with Gasteiger partial charge in [0.1, 0.15) is 5.78 Å². The molecule has 90 valence electrons. The van der Waals surface area contributed by atoms with E-state index >= 15 is 0 Å². The lowest BCUT2D eigenvalue weighted by Crippen LogP contribution is -2.11. The average molecular weight is 287 g/mol. The molecular weight excluding hydrogens is 268 g/mol. The zero-order valence-corrected chi connectivity index (χ0v) is 12.0. The number of carbonyl (C=O) groups is 1. The van der Waals surface area contributed by atoms with E-state index in [4.69, 9.17) is 0 Å². The van der Waals surface area contributed by atoms with Crippen molar-refractivity contribution >= 4 is 21.7 Å². The summed E-state index contributed by atoms with van der Waals surface area (Å²) in [6.07, 6.45) is 2.19. The molecule has 4 heteroatoms. The SMILES string of the molecule is CCC(C)CC(=O)Cc1c(Br)c(C)nn1C. The molecule has 0 saturated heterocycles. The van der Waals surface area contributed by atoms with Gasteiger partial charge in [-0.2, -0.15) is 5.10 Å². The zero-order chi connectivity index (χ0) is 12.3. The van der Waals surface area contributed by atoms with E-state index in [1.54, 1.807) is 4.68 Å². The maximum absolute atomic E-state index is 11.8. The molecule has 0 radical (unpaired) electrons. The minimum atomic E-state index is 0.290. The van der Waals surface area contributed by atoms with Gasteiger partial charge in [-0.1, -0.05) is 20.3 Å². The normalized spacial score (nSPS) is 12.8. The van der Waals surface area contributed by atoms with Gasteiger partial charge in [0.25, 0.3) is 0 Å². The molecule has 1 heterocycles. The van der Waals surface area contributed by atoms with Crippen LogP contribution in [0.1, 0.15) is 38.1 Å². The molecular formula is C12H19BrN2O. The molecule has 1 atom stereocenters. The first kappa shape index (κ1) is 13.4. The van der Waals surface area contributed by atoms with Crippen LogP contribution in [0.3, 0.4) is 0 Å². The fourth-order valence-corrected chi connectivity index (χ4v) is 2.14. The van der Waals surface area contributed by atoms with Crippen LogP contribution in [0.5, 0.6) is 0 Å². The summed E-state index contributed by atoms with van der Waals surface area (Å²) in [5.41, 5.74) is 1.92. The molecule has 1 unspecified atom stereocenters. The monoisotopic (exact) mass is 286 g/mol. The summed E-state index contributed by atoms with van der Waals surface area (Å²) in [4.78, 5) is 11.8. The maximum Gasteiger partial charge on any atom is 0.139 e. The third kappa shape index (κ3) is 3.17. The summed E-state index contributed by atoms with van der Waals surface area (Å²) >= 11 is 3.48. The van der Waals surface area contributed by atoms with Gasteiger partial charge in [-0.05, 0) is 28.8 Å². The van der Waals surface area contributed by atoms with E-state index in [9.17, 15) is 4.79 Å². The van der Waals surface area contributed by atoms with Gasteiger partial charge < -0.3 is 0 Å². The van der Waals surface area contributed by atoms with Crippen molar-refractivity contribution in [2.75, 3.05) is 0 Å². The second-order valence-corrected chi connectivity index (χ2v) is 5.20.